The average molecular weight is 345 g/mol. The molecule has 0 saturated carbocycles. The van der Waals surface area contributed by atoms with Crippen LogP contribution in [0, 0.1) is 5.82 Å². The number of nitrogens with zero attached hydrogens (tertiary/aromatic N) is 2. The summed E-state index contributed by atoms with van der Waals surface area (Å²) in [6.45, 7) is 3.02. The summed E-state index contributed by atoms with van der Waals surface area (Å²) in [5, 5.41) is 0. The van der Waals surface area contributed by atoms with Gasteiger partial charge in [0.1, 0.15) is 11.6 Å². The van der Waals surface area contributed by atoms with E-state index in [0.717, 1.165) is 49.4 Å². The molecule has 134 valence electrons. The monoisotopic (exact) mass is 345 g/mol. The van der Waals surface area contributed by atoms with Crippen molar-refractivity contribution in [1.82, 2.24) is 14.9 Å². The predicted molar refractivity (Wildman–Crippen MR) is 93.4 cm³/mol. The van der Waals surface area contributed by atoms with Crippen molar-refractivity contribution in [3.63, 3.8) is 0 Å². The van der Waals surface area contributed by atoms with Crippen molar-refractivity contribution in [2.75, 3.05) is 19.7 Å². The molecule has 6 heteroatoms. The zero-order valence-corrected chi connectivity index (χ0v) is 14.3. The number of aromatic amines is 1. The highest BCUT2D eigenvalue weighted by molar-refractivity contribution is 5.58. The molecule has 5 nitrogen and oxygen atoms in total. The lowest BCUT2D eigenvalue weighted by Gasteiger charge is -2.34. The largest absolute Gasteiger partial charge is 0.468 e. The Morgan fingerprint density at radius 3 is 2.92 bits per heavy atom. The summed E-state index contributed by atoms with van der Waals surface area (Å²) in [7, 11) is 0. The van der Waals surface area contributed by atoms with Gasteiger partial charge in [0.05, 0.1) is 18.3 Å². The molecular weight excluding hydrogens is 321 g/mol. The second-order valence-corrected chi connectivity index (χ2v) is 6.40. The molecule has 2 heterocycles. The number of unbranched alkanes of at least 4 members (excludes halogenated alkanes) is 1. The van der Waals surface area contributed by atoms with Crippen LogP contribution in [-0.2, 0) is 9.53 Å². The number of rotatable bonds is 8. The van der Waals surface area contributed by atoms with Gasteiger partial charge in [0, 0.05) is 11.8 Å². The molecule has 1 fully saturated rings. The highest BCUT2D eigenvalue weighted by Crippen LogP contribution is 2.30. The molecule has 1 N–H and O–H groups in total. The molecular formula is C19H24FN3O2. The Morgan fingerprint density at radius 1 is 1.28 bits per heavy atom. The van der Waals surface area contributed by atoms with Crippen molar-refractivity contribution in [1.29, 1.82) is 0 Å². The van der Waals surface area contributed by atoms with Crippen molar-refractivity contribution < 1.29 is 13.9 Å². The van der Waals surface area contributed by atoms with E-state index < -0.39 is 0 Å². The second-order valence-electron chi connectivity index (χ2n) is 6.40. The first kappa shape index (κ1) is 17.6. The number of carbonyl (C=O) groups excluding carboxylic acids is 1. The van der Waals surface area contributed by atoms with Gasteiger partial charge in [-0.25, -0.2) is 9.37 Å². The second kappa shape index (κ2) is 8.76. The van der Waals surface area contributed by atoms with Gasteiger partial charge < -0.3 is 9.72 Å². The number of benzene rings is 1. The molecule has 1 aromatic heterocycles. The van der Waals surface area contributed by atoms with Crippen LogP contribution in [0.5, 0.6) is 0 Å². The number of halogens is 1. The van der Waals surface area contributed by atoms with Crippen molar-refractivity contribution >= 4 is 6.47 Å². The molecule has 1 aromatic carbocycles. The average Bonchev–Trinajstić information content (AvgIpc) is 3.12. The number of piperidine rings is 1. The van der Waals surface area contributed by atoms with Gasteiger partial charge in [-0.15, -0.1) is 0 Å². The minimum Gasteiger partial charge on any atom is -0.468 e. The van der Waals surface area contributed by atoms with Crippen LogP contribution in [0.4, 0.5) is 4.39 Å². The number of ether oxygens (including phenoxy) is 1. The van der Waals surface area contributed by atoms with E-state index in [1.807, 2.05) is 6.20 Å². The molecule has 1 unspecified atom stereocenters. The third-order valence-corrected chi connectivity index (χ3v) is 4.69. The molecule has 2 aromatic rings. The molecule has 0 spiro atoms. The van der Waals surface area contributed by atoms with Crippen LogP contribution in [-0.4, -0.2) is 41.0 Å². The van der Waals surface area contributed by atoms with E-state index >= 15 is 0 Å². The molecule has 0 amide bonds. The number of aromatic nitrogens is 2. The van der Waals surface area contributed by atoms with Crippen LogP contribution in [0.1, 0.15) is 44.0 Å². The Hall–Kier alpha value is -2.21. The Labute approximate surface area is 147 Å². The van der Waals surface area contributed by atoms with Gasteiger partial charge in [-0.2, -0.15) is 0 Å². The first-order valence-electron chi connectivity index (χ1n) is 8.88. The van der Waals surface area contributed by atoms with Gasteiger partial charge in [-0.05, 0) is 63.0 Å². The van der Waals surface area contributed by atoms with E-state index in [1.165, 1.54) is 25.0 Å². The number of hydrogen-bond acceptors (Lipinski definition) is 4. The van der Waals surface area contributed by atoms with Crippen molar-refractivity contribution in [3.8, 4) is 11.3 Å². The first-order chi connectivity index (χ1) is 12.3. The topological polar surface area (TPSA) is 58.2 Å². The zero-order chi connectivity index (χ0) is 17.5. The minimum atomic E-state index is -0.239. The predicted octanol–water partition coefficient (Wildman–Crippen LogP) is 3.70. The molecule has 1 aliphatic heterocycles. The highest BCUT2D eigenvalue weighted by atomic mass is 19.1. The summed E-state index contributed by atoms with van der Waals surface area (Å²) in [5.74, 6) is 0.736. The summed E-state index contributed by atoms with van der Waals surface area (Å²) in [6.07, 6.45) is 7.25. The van der Waals surface area contributed by atoms with E-state index in [-0.39, 0.29) is 11.9 Å². The summed E-state index contributed by atoms with van der Waals surface area (Å²) in [6, 6.07) is 6.70. The lowest BCUT2D eigenvalue weighted by molar-refractivity contribution is -0.128. The van der Waals surface area contributed by atoms with Crippen LogP contribution in [0.15, 0.2) is 30.5 Å². The summed E-state index contributed by atoms with van der Waals surface area (Å²) in [5.41, 5.74) is 1.76. The third kappa shape index (κ3) is 4.66. The maximum absolute atomic E-state index is 13.1. The van der Waals surface area contributed by atoms with Gasteiger partial charge in [-0.1, -0.05) is 6.42 Å². The van der Waals surface area contributed by atoms with E-state index in [4.69, 9.17) is 9.72 Å². The number of H-pyrrole nitrogens is 1. The number of likely N-dealkylation sites (tertiary alicyclic amines) is 1. The molecule has 0 radical (unpaired) electrons. The van der Waals surface area contributed by atoms with Crippen LogP contribution in [0.2, 0.25) is 0 Å². The summed E-state index contributed by atoms with van der Waals surface area (Å²) in [4.78, 5) is 20.7. The fourth-order valence-electron chi connectivity index (χ4n) is 3.39. The van der Waals surface area contributed by atoms with Crippen LogP contribution >= 0.6 is 0 Å². The van der Waals surface area contributed by atoms with Gasteiger partial charge in [-0.3, -0.25) is 9.69 Å². The Bertz CT molecular complexity index is 672. The molecule has 3 rings (SSSR count). The van der Waals surface area contributed by atoms with Crippen molar-refractivity contribution in [2.45, 2.75) is 38.1 Å². The minimum absolute atomic E-state index is 0.239. The van der Waals surface area contributed by atoms with Crippen LogP contribution in [0.25, 0.3) is 11.3 Å². The van der Waals surface area contributed by atoms with Gasteiger partial charge in [0.2, 0.25) is 0 Å². The van der Waals surface area contributed by atoms with Gasteiger partial charge in [0.15, 0.2) is 0 Å². The van der Waals surface area contributed by atoms with E-state index in [1.54, 1.807) is 12.1 Å². The number of carbonyl (C=O) groups is 1. The van der Waals surface area contributed by atoms with E-state index in [2.05, 4.69) is 9.88 Å². The Morgan fingerprint density at radius 2 is 2.12 bits per heavy atom. The Kier molecular flexibility index (Phi) is 6.17. The number of nitrogens with one attached hydrogen (secondary N) is 1. The molecule has 0 aliphatic carbocycles. The lowest BCUT2D eigenvalue weighted by Crippen LogP contribution is -2.34. The Balaban J connectivity index is 1.64. The molecule has 1 atom stereocenters. The van der Waals surface area contributed by atoms with E-state index in [9.17, 15) is 9.18 Å². The number of hydrogen-bond donors (Lipinski definition) is 1. The van der Waals surface area contributed by atoms with Crippen LogP contribution in [0.3, 0.4) is 0 Å². The zero-order valence-electron chi connectivity index (χ0n) is 14.3. The van der Waals surface area contributed by atoms with Crippen molar-refractivity contribution in [3.05, 3.63) is 42.1 Å². The van der Waals surface area contributed by atoms with Crippen molar-refractivity contribution in [2.24, 2.45) is 0 Å². The number of imidazole rings is 1. The maximum Gasteiger partial charge on any atom is 0.293 e. The maximum atomic E-state index is 13.1. The molecule has 1 aliphatic rings. The lowest BCUT2D eigenvalue weighted by atomic mass is 10.0. The normalized spacial score (nSPS) is 18.2. The third-order valence-electron chi connectivity index (χ3n) is 4.69. The smallest absolute Gasteiger partial charge is 0.293 e. The van der Waals surface area contributed by atoms with Gasteiger partial charge >= 0.3 is 0 Å². The molecule has 0 bridgehead atoms. The van der Waals surface area contributed by atoms with Crippen LogP contribution < -0.4 is 0 Å². The highest BCUT2D eigenvalue weighted by Gasteiger charge is 2.26. The SMILES string of the molecule is O=COCCCCN1CCCCC1c1nc(-c2ccc(F)cc2)c[nH]1. The first-order valence-corrected chi connectivity index (χ1v) is 8.88. The summed E-state index contributed by atoms with van der Waals surface area (Å²) >= 11 is 0. The fourth-order valence-corrected chi connectivity index (χ4v) is 3.39. The van der Waals surface area contributed by atoms with E-state index in [0.29, 0.717) is 13.1 Å². The van der Waals surface area contributed by atoms with Gasteiger partial charge in [0.25, 0.3) is 6.47 Å². The quantitative estimate of drug-likeness (QED) is 0.585. The summed E-state index contributed by atoms with van der Waals surface area (Å²) < 4.78 is 17.8. The standard InChI is InChI=1S/C19H24FN3O2/c20-16-8-6-15(7-9-16)17-13-21-19(22-17)18-5-1-2-10-23(18)11-3-4-12-25-14-24/h6-9,13-14,18H,1-5,10-12H2,(H,21,22). The molecule has 1 saturated heterocycles. The molecule has 25 heavy (non-hydrogen) atoms. The fraction of sp³-hybridized carbons (Fsp3) is 0.474.